The molecule has 1 rings (SSSR count). The van der Waals surface area contributed by atoms with E-state index in [2.05, 4.69) is 25.1 Å². The summed E-state index contributed by atoms with van der Waals surface area (Å²) in [4.78, 5) is 1.32. The molecule has 0 amide bonds. The topological polar surface area (TPSA) is 26.0 Å². The quantitative estimate of drug-likeness (QED) is 0.699. The minimum Gasteiger partial charge on any atom is -0.326 e. The number of nitrogens with two attached hydrogens (primary N) is 1. The third-order valence-corrected chi connectivity index (χ3v) is 2.49. The second-order valence-corrected chi connectivity index (χ2v) is 3.55. The standard InChI is InChI=1S/C9H13NS/c1-2-11-9-6-4-3-5-8(9)7-10/h3-6H,2,7,10H2,1H3. The van der Waals surface area contributed by atoms with E-state index in [0.29, 0.717) is 6.54 Å². The number of hydrogen-bond donors (Lipinski definition) is 1. The molecule has 0 saturated carbocycles. The van der Waals surface area contributed by atoms with E-state index in [-0.39, 0.29) is 0 Å². The molecule has 1 aromatic carbocycles. The molecule has 1 nitrogen and oxygen atoms in total. The van der Waals surface area contributed by atoms with Crippen LogP contribution in [0.4, 0.5) is 0 Å². The van der Waals surface area contributed by atoms with E-state index in [1.165, 1.54) is 10.5 Å². The summed E-state index contributed by atoms with van der Waals surface area (Å²) in [7, 11) is 0. The van der Waals surface area contributed by atoms with Gasteiger partial charge in [0.15, 0.2) is 0 Å². The lowest BCUT2D eigenvalue weighted by Gasteiger charge is -2.03. The average molecular weight is 167 g/mol. The molecule has 0 saturated heterocycles. The van der Waals surface area contributed by atoms with Crippen molar-refractivity contribution < 1.29 is 0 Å². The van der Waals surface area contributed by atoms with Crippen molar-refractivity contribution in [3.8, 4) is 0 Å². The molecular weight excluding hydrogens is 154 g/mol. The highest BCUT2D eigenvalue weighted by Crippen LogP contribution is 2.21. The maximum absolute atomic E-state index is 5.57. The van der Waals surface area contributed by atoms with E-state index >= 15 is 0 Å². The van der Waals surface area contributed by atoms with Gasteiger partial charge in [-0.25, -0.2) is 0 Å². The van der Waals surface area contributed by atoms with Crippen molar-refractivity contribution >= 4 is 11.8 Å². The Balaban J connectivity index is 2.83. The van der Waals surface area contributed by atoms with Crippen LogP contribution in [-0.4, -0.2) is 5.75 Å². The normalized spacial score (nSPS) is 10.0. The summed E-state index contributed by atoms with van der Waals surface area (Å²) in [6.45, 7) is 2.79. The van der Waals surface area contributed by atoms with Gasteiger partial charge in [-0.15, -0.1) is 11.8 Å². The van der Waals surface area contributed by atoms with Crippen molar-refractivity contribution in [1.82, 2.24) is 0 Å². The van der Waals surface area contributed by atoms with Crippen molar-refractivity contribution in [2.75, 3.05) is 5.75 Å². The molecule has 0 unspecified atom stereocenters. The van der Waals surface area contributed by atoms with Gasteiger partial charge in [0.1, 0.15) is 0 Å². The van der Waals surface area contributed by atoms with Gasteiger partial charge in [-0.2, -0.15) is 0 Å². The number of rotatable bonds is 3. The van der Waals surface area contributed by atoms with Crippen LogP contribution >= 0.6 is 11.8 Å². The largest absolute Gasteiger partial charge is 0.326 e. The summed E-state index contributed by atoms with van der Waals surface area (Å²) in [5.74, 6) is 1.11. The van der Waals surface area contributed by atoms with E-state index in [9.17, 15) is 0 Å². The van der Waals surface area contributed by atoms with E-state index in [0.717, 1.165) is 5.75 Å². The molecule has 0 bridgehead atoms. The van der Waals surface area contributed by atoms with Gasteiger partial charge in [0, 0.05) is 11.4 Å². The van der Waals surface area contributed by atoms with Crippen LogP contribution in [0.25, 0.3) is 0 Å². The molecule has 0 spiro atoms. The second kappa shape index (κ2) is 4.42. The highest BCUT2D eigenvalue weighted by atomic mass is 32.2. The molecule has 2 N–H and O–H groups in total. The first-order chi connectivity index (χ1) is 5.38. The van der Waals surface area contributed by atoms with E-state index in [1.54, 1.807) is 0 Å². The van der Waals surface area contributed by atoms with Gasteiger partial charge in [0.25, 0.3) is 0 Å². The van der Waals surface area contributed by atoms with Gasteiger partial charge in [-0.3, -0.25) is 0 Å². The van der Waals surface area contributed by atoms with Crippen LogP contribution in [0, 0.1) is 0 Å². The smallest absolute Gasteiger partial charge is 0.0189 e. The summed E-state index contributed by atoms with van der Waals surface area (Å²) in [6.07, 6.45) is 0. The van der Waals surface area contributed by atoms with Crippen LogP contribution in [0.5, 0.6) is 0 Å². The maximum Gasteiger partial charge on any atom is 0.0189 e. The molecule has 0 aliphatic carbocycles. The van der Waals surface area contributed by atoms with Crippen LogP contribution in [0.2, 0.25) is 0 Å². The SMILES string of the molecule is CCSc1ccccc1CN. The maximum atomic E-state index is 5.57. The number of benzene rings is 1. The molecule has 0 heterocycles. The molecule has 11 heavy (non-hydrogen) atoms. The zero-order valence-corrected chi connectivity index (χ0v) is 7.53. The van der Waals surface area contributed by atoms with Crippen molar-refractivity contribution in [3.63, 3.8) is 0 Å². The van der Waals surface area contributed by atoms with Gasteiger partial charge in [0.2, 0.25) is 0 Å². The van der Waals surface area contributed by atoms with Crippen LogP contribution in [0.15, 0.2) is 29.2 Å². The van der Waals surface area contributed by atoms with Crippen molar-refractivity contribution in [2.24, 2.45) is 5.73 Å². The molecular formula is C9H13NS. The minimum atomic E-state index is 0.642. The summed E-state index contributed by atoms with van der Waals surface area (Å²) < 4.78 is 0. The lowest BCUT2D eigenvalue weighted by atomic mass is 10.2. The van der Waals surface area contributed by atoms with Crippen LogP contribution in [0.1, 0.15) is 12.5 Å². The lowest BCUT2D eigenvalue weighted by molar-refractivity contribution is 1.03. The Bertz CT molecular complexity index is 223. The third kappa shape index (κ3) is 2.24. The molecule has 1 aromatic rings. The second-order valence-electron chi connectivity index (χ2n) is 2.24. The molecule has 0 aliphatic heterocycles. The molecule has 0 radical (unpaired) electrons. The average Bonchev–Trinajstić information content (AvgIpc) is 2.06. The molecule has 0 atom stereocenters. The fourth-order valence-corrected chi connectivity index (χ4v) is 1.79. The third-order valence-electron chi connectivity index (χ3n) is 1.49. The van der Waals surface area contributed by atoms with E-state index < -0.39 is 0 Å². The molecule has 60 valence electrons. The lowest BCUT2D eigenvalue weighted by Crippen LogP contribution is -1.97. The van der Waals surface area contributed by atoms with Crippen LogP contribution < -0.4 is 5.73 Å². The predicted molar refractivity (Wildman–Crippen MR) is 50.7 cm³/mol. The fraction of sp³-hybridized carbons (Fsp3) is 0.333. The number of hydrogen-bond acceptors (Lipinski definition) is 2. The Hall–Kier alpha value is -0.470. The van der Waals surface area contributed by atoms with Crippen molar-refractivity contribution in [2.45, 2.75) is 18.4 Å². The first-order valence-electron chi connectivity index (χ1n) is 3.79. The Kier molecular flexibility index (Phi) is 3.46. The Morgan fingerprint density at radius 1 is 1.36 bits per heavy atom. The van der Waals surface area contributed by atoms with E-state index in [1.807, 2.05) is 17.8 Å². The first-order valence-corrected chi connectivity index (χ1v) is 4.77. The zero-order valence-electron chi connectivity index (χ0n) is 6.71. The van der Waals surface area contributed by atoms with Gasteiger partial charge < -0.3 is 5.73 Å². The zero-order chi connectivity index (χ0) is 8.10. The number of thioether (sulfide) groups is 1. The Labute approximate surface area is 72.0 Å². The summed E-state index contributed by atoms with van der Waals surface area (Å²) in [5.41, 5.74) is 6.82. The van der Waals surface area contributed by atoms with Crippen LogP contribution in [-0.2, 0) is 6.54 Å². The molecule has 0 aromatic heterocycles. The highest BCUT2D eigenvalue weighted by molar-refractivity contribution is 7.99. The van der Waals surface area contributed by atoms with Crippen molar-refractivity contribution in [3.05, 3.63) is 29.8 Å². The Morgan fingerprint density at radius 2 is 2.09 bits per heavy atom. The summed E-state index contributed by atoms with van der Waals surface area (Å²) >= 11 is 1.85. The summed E-state index contributed by atoms with van der Waals surface area (Å²) in [6, 6.07) is 8.29. The van der Waals surface area contributed by atoms with Gasteiger partial charge >= 0.3 is 0 Å². The minimum absolute atomic E-state index is 0.642. The van der Waals surface area contributed by atoms with Gasteiger partial charge in [0.05, 0.1) is 0 Å². The van der Waals surface area contributed by atoms with Crippen molar-refractivity contribution in [1.29, 1.82) is 0 Å². The van der Waals surface area contributed by atoms with E-state index in [4.69, 9.17) is 5.73 Å². The van der Waals surface area contributed by atoms with Gasteiger partial charge in [-0.05, 0) is 17.4 Å². The first kappa shape index (κ1) is 8.62. The van der Waals surface area contributed by atoms with Gasteiger partial charge in [-0.1, -0.05) is 25.1 Å². The Morgan fingerprint density at radius 3 is 2.73 bits per heavy atom. The molecule has 0 fully saturated rings. The van der Waals surface area contributed by atoms with Crippen LogP contribution in [0.3, 0.4) is 0 Å². The highest BCUT2D eigenvalue weighted by Gasteiger charge is 1.97. The fourth-order valence-electron chi connectivity index (χ4n) is 0.969. The summed E-state index contributed by atoms with van der Waals surface area (Å²) in [5, 5.41) is 0. The molecule has 0 aliphatic rings. The predicted octanol–water partition coefficient (Wildman–Crippen LogP) is 2.26. The monoisotopic (exact) mass is 167 g/mol. The molecule has 2 heteroatoms.